The monoisotopic (exact) mass is 372 g/mol. The average molecular weight is 372 g/mol. The molecule has 10 nitrogen and oxygen atoms in total. The first-order valence-corrected chi connectivity index (χ1v) is 9.16. The summed E-state index contributed by atoms with van der Waals surface area (Å²) in [5.74, 6) is -1.83. The van der Waals surface area contributed by atoms with Crippen LogP contribution in [-0.2, 0) is 15.0 Å². The van der Waals surface area contributed by atoms with Crippen molar-refractivity contribution in [2.45, 2.75) is 24.7 Å². The molecule has 12 heteroatoms. The molecule has 2 rings (SSSR count). The summed E-state index contributed by atoms with van der Waals surface area (Å²) in [6.07, 6.45) is 2.06. The van der Waals surface area contributed by atoms with Gasteiger partial charge in [0.2, 0.25) is 0 Å². The Morgan fingerprint density at radius 1 is 1.48 bits per heavy atom. The molecular weight excluding hydrogens is 351 g/mol. The summed E-state index contributed by atoms with van der Waals surface area (Å²) in [6, 6.07) is 4.72. The number of pyridine rings is 1. The zero-order chi connectivity index (χ0) is 18.7. The summed E-state index contributed by atoms with van der Waals surface area (Å²) in [7, 11) is -5.51. The van der Waals surface area contributed by atoms with Crippen molar-refractivity contribution in [2.24, 2.45) is 11.7 Å². The molecule has 2 atom stereocenters. The van der Waals surface area contributed by atoms with Crippen LogP contribution in [0.15, 0.2) is 24.4 Å². The molecular formula is C13H21BN4O6S. The fourth-order valence-corrected chi connectivity index (χ4v) is 4.11. The van der Waals surface area contributed by atoms with Crippen molar-refractivity contribution in [2.75, 3.05) is 17.8 Å². The first-order chi connectivity index (χ1) is 11.6. The summed E-state index contributed by atoms with van der Waals surface area (Å²) in [5, 5.41) is 27.2. The van der Waals surface area contributed by atoms with Gasteiger partial charge in [-0.1, -0.05) is 12.5 Å². The molecule has 0 aliphatic carbocycles. The van der Waals surface area contributed by atoms with Crippen molar-refractivity contribution in [3.05, 3.63) is 24.4 Å². The van der Waals surface area contributed by atoms with E-state index in [1.54, 1.807) is 12.1 Å². The van der Waals surface area contributed by atoms with E-state index in [-0.39, 0.29) is 31.6 Å². The molecule has 0 unspecified atom stereocenters. The van der Waals surface area contributed by atoms with Gasteiger partial charge in [-0.15, -0.1) is 0 Å². The van der Waals surface area contributed by atoms with Crippen LogP contribution in [0.1, 0.15) is 12.8 Å². The third-order valence-corrected chi connectivity index (χ3v) is 5.67. The van der Waals surface area contributed by atoms with Crippen molar-refractivity contribution in [3.63, 3.8) is 0 Å². The summed E-state index contributed by atoms with van der Waals surface area (Å²) in [5.41, 5.74) is 4.23. The molecule has 1 saturated heterocycles. The van der Waals surface area contributed by atoms with Gasteiger partial charge in [-0.05, 0) is 24.9 Å². The van der Waals surface area contributed by atoms with E-state index >= 15 is 0 Å². The quantitative estimate of drug-likeness (QED) is 0.351. The fraction of sp³-hybridized carbons (Fsp3) is 0.538. The second kappa shape index (κ2) is 7.66. The van der Waals surface area contributed by atoms with Gasteiger partial charge in [0.15, 0.2) is 0 Å². The van der Waals surface area contributed by atoms with E-state index in [2.05, 4.69) is 9.71 Å². The number of aromatic nitrogens is 1. The Morgan fingerprint density at radius 2 is 2.20 bits per heavy atom. The minimum Gasteiger partial charge on any atom is -0.480 e. The lowest BCUT2D eigenvalue weighted by Gasteiger charge is -2.25. The highest BCUT2D eigenvalue weighted by atomic mass is 32.2. The Labute approximate surface area is 146 Å². The Bertz CT molecular complexity index is 704. The molecule has 0 bridgehead atoms. The second-order valence-corrected chi connectivity index (χ2v) is 7.74. The van der Waals surface area contributed by atoms with E-state index in [1.165, 1.54) is 12.3 Å². The summed E-state index contributed by atoms with van der Waals surface area (Å²) >= 11 is 0. The van der Waals surface area contributed by atoms with E-state index in [4.69, 9.17) is 15.8 Å². The van der Waals surface area contributed by atoms with Gasteiger partial charge in [0.1, 0.15) is 11.4 Å². The lowest BCUT2D eigenvalue weighted by molar-refractivity contribution is -0.144. The highest BCUT2D eigenvalue weighted by Crippen LogP contribution is 2.32. The third kappa shape index (κ3) is 4.67. The summed E-state index contributed by atoms with van der Waals surface area (Å²) < 4.78 is 28.2. The zero-order valence-corrected chi connectivity index (χ0v) is 14.3. The smallest absolute Gasteiger partial charge is 0.451 e. The van der Waals surface area contributed by atoms with Crippen molar-refractivity contribution in [1.82, 2.24) is 9.29 Å². The number of rotatable bonds is 8. The molecule has 0 amide bonds. The van der Waals surface area contributed by atoms with Crippen LogP contribution in [-0.4, -0.2) is 64.6 Å². The predicted octanol–water partition coefficient (Wildman–Crippen LogP) is -1.29. The first kappa shape index (κ1) is 19.6. The SMILES string of the molecule is N[C@@]1(C(=O)O)CN(S(=O)(=O)Nc2ccccn2)C[C@@H]1CCCB(O)O. The number of hydrogen-bond acceptors (Lipinski definition) is 7. The number of carboxylic acids is 1. The van der Waals surface area contributed by atoms with Crippen LogP contribution >= 0.6 is 0 Å². The number of nitrogens with one attached hydrogen (secondary N) is 1. The van der Waals surface area contributed by atoms with Gasteiger partial charge >= 0.3 is 23.3 Å². The molecule has 2 heterocycles. The topological polar surface area (TPSA) is 166 Å². The van der Waals surface area contributed by atoms with Crippen molar-refractivity contribution >= 4 is 29.1 Å². The molecule has 1 aliphatic rings. The van der Waals surface area contributed by atoms with Crippen LogP contribution < -0.4 is 10.5 Å². The van der Waals surface area contributed by atoms with Gasteiger partial charge in [-0.3, -0.25) is 9.52 Å². The minimum absolute atomic E-state index is 0.0606. The first-order valence-electron chi connectivity index (χ1n) is 7.72. The van der Waals surface area contributed by atoms with Crippen molar-refractivity contribution < 1.29 is 28.4 Å². The Morgan fingerprint density at radius 3 is 2.76 bits per heavy atom. The van der Waals surface area contributed by atoms with E-state index in [0.717, 1.165) is 4.31 Å². The van der Waals surface area contributed by atoms with Crippen LogP contribution in [0.3, 0.4) is 0 Å². The lowest BCUT2D eigenvalue weighted by Crippen LogP contribution is -2.55. The fourth-order valence-electron chi connectivity index (χ4n) is 2.84. The maximum atomic E-state index is 12.5. The number of nitrogens with zero attached hydrogens (tertiary/aromatic N) is 2. The molecule has 6 N–H and O–H groups in total. The number of hydrogen-bond donors (Lipinski definition) is 5. The van der Waals surface area contributed by atoms with E-state index in [9.17, 15) is 18.3 Å². The van der Waals surface area contributed by atoms with Crippen LogP contribution in [0.25, 0.3) is 0 Å². The van der Waals surface area contributed by atoms with Crippen LogP contribution in [0, 0.1) is 5.92 Å². The van der Waals surface area contributed by atoms with Crippen molar-refractivity contribution in [1.29, 1.82) is 0 Å². The van der Waals surface area contributed by atoms with Crippen LogP contribution in [0.5, 0.6) is 0 Å². The zero-order valence-electron chi connectivity index (χ0n) is 13.4. The molecule has 138 valence electrons. The van der Waals surface area contributed by atoms with Gasteiger partial charge in [0.25, 0.3) is 0 Å². The Balaban J connectivity index is 2.13. The molecule has 0 radical (unpaired) electrons. The normalized spacial score (nSPS) is 24.2. The highest BCUT2D eigenvalue weighted by Gasteiger charge is 2.52. The molecule has 1 aromatic rings. The molecule has 0 spiro atoms. The van der Waals surface area contributed by atoms with Crippen LogP contribution in [0.2, 0.25) is 6.32 Å². The van der Waals surface area contributed by atoms with Gasteiger partial charge < -0.3 is 20.9 Å². The molecule has 25 heavy (non-hydrogen) atoms. The highest BCUT2D eigenvalue weighted by molar-refractivity contribution is 7.90. The van der Waals surface area contributed by atoms with E-state index < -0.39 is 34.8 Å². The lowest BCUT2D eigenvalue weighted by atomic mass is 9.78. The Hall–Kier alpha value is -1.73. The summed E-state index contributed by atoms with van der Waals surface area (Å²) in [4.78, 5) is 15.5. The Kier molecular flexibility index (Phi) is 6.01. The van der Waals surface area contributed by atoms with Crippen LogP contribution in [0.4, 0.5) is 5.82 Å². The van der Waals surface area contributed by atoms with Gasteiger partial charge in [-0.2, -0.15) is 12.7 Å². The molecule has 0 aromatic carbocycles. The maximum Gasteiger partial charge on any atom is 0.451 e. The van der Waals surface area contributed by atoms with Gasteiger partial charge in [-0.25, -0.2) is 4.98 Å². The molecule has 1 aliphatic heterocycles. The molecule has 1 aromatic heterocycles. The molecule has 1 fully saturated rings. The number of nitrogens with two attached hydrogens (primary N) is 1. The number of carbonyl (C=O) groups is 1. The van der Waals surface area contributed by atoms with E-state index in [1.807, 2.05) is 0 Å². The number of anilines is 1. The van der Waals surface area contributed by atoms with Gasteiger partial charge in [0, 0.05) is 25.2 Å². The van der Waals surface area contributed by atoms with Gasteiger partial charge in [0.05, 0.1) is 0 Å². The standard InChI is InChI=1S/C13H21BN4O6S/c15-13(12(19)20)9-18(8-10(13)4-3-6-14(21)22)25(23,24)17-11-5-1-2-7-16-11/h1-2,5,7,10,21-22H,3-4,6,8-9,15H2,(H,16,17)(H,19,20)/t10-,13-/m0/s1. The van der Waals surface area contributed by atoms with Crippen molar-refractivity contribution in [3.8, 4) is 0 Å². The minimum atomic E-state index is -4.01. The number of aliphatic carboxylic acids is 1. The largest absolute Gasteiger partial charge is 0.480 e. The third-order valence-electron chi connectivity index (χ3n) is 4.24. The molecule has 0 saturated carbocycles. The predicted molar refractivity (Wildman–Crippen MR) is 90.6 cm³/mol. The second-order valence-electron chi connectivity index (χ2n) is 6.07. The van der Waals surface area contributed by atoms with E-state index in [0.29, 0.717) is 6.42 Å². The number of carboxylic acid groups (broad SMARTS) is 1. The maximum absolute atomic E-state index is 12.5. The average Bonchev–Trinajstić information content (AvgIpc) is 2.87. The summed E-state index contributed by atoms with van der Waals surface area (Å²) in [6.45, 7) is -0.455.